The standard InChI is InChI=1S/C15H26O6/c1-11(13(18)19)10-15(2,14(20)21-3)9-7-5-4-6-8-12(16)17/h11H,4-10H2,1-3H3,(H,16,17)(H,18,19). The molecule has 2 atom stereocenters. The molecule has 0 aliphatic rings. The van der Waals surface area contributed by atoms with Crippen LogP contribution < -0.4 is 0 Å². The molecule has 0 aliphatic heterocycles. The monoisotopic (exact) mass is 302 g/mol. The smallest absolute Gasteiger partial charge is 0.311 e. The van der Waals surface area contributed by atoms with Gasteiger partial charge in [0.05, 0.1) is 18.4 Å². The van der Waals surface area contributed by atoms with Gasteiger partial charge in [-0.3, -0.25) is 14.4 Å². The molecule has 0 saturated carbocycles. The van der Waals surface area contributed by atoms with Crippen LogP contribution in [0.2, 0.25) is 0 Å². The average Bonchev–Trinajstić information content (AvgIpc) is 2.41. The Morgan fingerprint density at radius 3 is 2.14 bits per heavy atom. The van der Waals surface area contributed by atoms with Gasteiger partial charge in [-0.15, -0.1) is 0 Å². The summed E-state index contributed by atoms with van der Waals surface area (Å²) in [5.41, 5.74) is -0.806. The van der Waals surface area contributed by atoms with Gasteiger partial charge in [-0.1, -0.05) is 26.2 Å². The molecule has 2 N–H and O–H groups in total. The summed E-state index contributed by atoms with van der Waals surface area (Å²) in [6.45, 7) is 3.31. The molecule has 0 bridgehead atoms. The van der Waals surface area contributed by atoms with E-state index in [9.17, 15) is 14.4 Å². The Hall–Kier alpha value is -1.59. The van der Waals surface area contributed by atoms with E-state index in [-0.39, 0.29) is 18.8 Å². The lowest BCUT2D eigenvalue weighted by atomic mass is 9.77. The van der Waals surface area contributed by atoms with Gasteiger partial charge < -0.3 is 14.9 Å². The van der Waals surface area contributed by atoms with Crippen LogP contribution in [0.15, 0.2) is 0 Å². The lowest BCUT2D eigenvalue weighted by molar-refractivity contribution is -0.155. The zero-order chi connectivity index (χ0) is 16.5. The van der Waals surface area contributed by atoms with Crippen LogP contribution in [-0.4, -0.2) is 35.2 Å². The first kappa shape index (κ1) is 19.4. The molecule has 0 fully saturated rings. The molecule has 21 heavy (non-hydrogen) atoms. The van der Waals surface area contributed by atoms with E-state index >= 15 is 0 Å². The fourth-order valence-electron chi connectivity index (χ4n) is 2.44. The lowest BCUT2D eigenvalue weighted by Crippen LogP contribution is -2.33. The van der Waals surface area contributed by atoms with Crippen LogP contribution in [0.25, 0.3) is 0 Å². The molecule has 0 radical (unpaired) electrons. The van der Waals surface area contributed by atoms with E-state index in [1.165, 1.54) is 7.11 Å². The van der Waals surface area contributed by atoms with Crippen LogP contribution in [0.4, 0.5) is 0 Å². The summed E-state index contributed by atoms with van der Waals surface area (Å²) in [7, 11) is 1.30. The maximum absolute atomic E-state index is 11.9. The van der Waals surface area contributed by atoms with Crippen LogP contribution in [0, 0.1) is 11.3 Å². The Labute approximate surface area is 125 Å². The number of hydrogen-bond acceptors (Lipinski definition) is 4. The van der Waals surface area contributed by atoms with E-state index in [4.69, 9.17) is 14.9 Å². The highest BCUT2D eigenvalue weighted by Gasteiger charge is 2.36. The maximum Gasteiger partial charge on any atom is 0.311 e. The van der Waals surface area contributed by atoms with Gasteiger partial charge in [0.2, 0.25) is 0 Å². The average molecular weight is 302 g/mol. The molecule has 6 heteroatoms. The lowest BCUT2D eigenvalue weighted by Gasteiger charge is -2.28. The molecule has 122 valence electrons. The number of carbonyl (C=O) groups is 3. The van der Waals surface area contributed by atoms with Crippen LogP contribution in [-0.2, 0) is 19.1 Å². The summed E-state index contributed by atoms with van der Waals surface area (Å²) in [6.07, 6.45) is 3.92. The van der Waals surface area contributed by atoms with Crippen molar-refractivity contribution in [2.24, 2.45) is 11.3 Å². The van der Waals surface area contributed by atoms with Gasteiger partial charge in [-0.2, -0.15) is 0 Å². The van der Waals surface area contributed by atoms with Crippen molar-refractivity contribution in [1.82, 2.24) is 0 Å². The summed E-state index contributed by atoms with van der Waals surface area (Å²) in [4.78, 5) is 33.3. The van der Waals surface area contributed by atoms with E-state index in [2.05, 4.69) is 0 Å². The van der Waals surface area contributed by atoms with Crippen molar-refractivity contribution in [2.75, 3.05) is 7.11 Å². The molecule has 0 rings (SSSR count). The number of methoxy groups -OCH3 is 1. The molecule has 0 saturated heterocycles. The zero-order valence-corrected chi connectivity index (χ0v) is 13.1. The minimum Gasteiger partial charge on any atom is -0.481 e. The molecule has 0 amide bonds. The first-order valence-corrected chi connectivity index (χ1v) is 7.26. The topological polar surface area (TPSA) is 101 Å². The number of unbranched alkanes of at least 4 members (excludes halogenated alkanes) is 3. The van der Waals surface area contributed by atoms with Crippen LogP contribution in [0.5, 0.6) is 0 Å². The first-order chi connectivity index (χ1) is 9.73. The van der Waals surface area contributed by atoms with Crippen LogP contribution >= 0.6 is 0 Å². The van der Waals surface area contributed by atoms with E-state index in [0.29, 0.717) is 12.8 Å². The molecule has 0 heterocycles. The minimum absolute atomic E-state index is 0.157. The molecular weight excluding hydrogens is 276 g/mol. The highest BCUT2D eigenvalue weighted by atomic mass is 16.5. The number of esters is 1. The SMILES string of the molecule is COC(=O)C(C)(CCCCCCC(=O)O)CC(C)C(=O)O. The van der Waals surface area contributed by atoms with Crippen LogP contribution in [0.1, 0.15) is 58.8 Å². The van der Waals surface area contributed by atoms with Crippen molar-refractivity contribution in [3.63, 3.8) is 0 Å². The number of rotatable bonds is 11. The van der Waals surface area contributed by atoms with Gasteiger partial charge in [0, 0.05) is 6.42 Å². The van der Waals surface area contributed by atoms with E-state index in [0.717, 1.165) is 19.3 Å². The summed E-state index contributed by atoms with van der Waals surface area (Å²) in [5, 5.41) is 17.5. The fraction of sp³-hybridized carbons (Fsp3) is 0.800. The molecule has 6 nitrogen and oxygen atoms in total. The molecule has 0 aromatic heterocycles. The van der Waals surface area contributed by atoms with Gasteiger partial charge in [0.1, 0.15) is 0 Å². The van der Waals surface area contributed by atoms with Gasteiger partial charge in [0.15, 0.2) is 0 Å². The van der Waals surface area contributed by atoms with Crippen molar-refractivity contribution in [2.45, 2.75) is 58.8 Å². The molecule has 0 aromatic carbocycles. The maximum atomic E-state index is 11.9. The van der Waals surface area contributed by atoms with Gasteiger partial charge in [-0.25, -0.2) is 0 Å². The van der Waals surface area contributed by atoms with Gasteiger partial charge >= 0.3 is 17.9 Å². The third-order valence-electron chi connectivity index (χ3n) is 3.73. The van der Waals surface area contributed by atoms with Crippen LogP contribution in [0.3, 0.4) is 0 Å². The Bertz CT molecular complexity index is 365. The Balaban J connectivity index is 4.33. The van der Waals surface area contributed by atoms with Crippen molar-refractivity contribution in [3.05, 3.63) is 0 Å². The first-order valence-electron chi connectivity index (χ1n) is 7.26. The Morgan fingerprint density at radius 2 is 1.67 bits per heavy atom. The molecular formula is C15H26O6. The number of carboxylic acid groups (broad SMARTS) is 2. The van der Waals surface area contributed by atoms with Crippen molar-refractivity contribution < 1.29 is 29.3 Å². The summed E-state index contributed by atoms with van der Waals surface area (Å²) in [5.74, 6) is -2.72. The van der Waals surface area contributed by atoms with Gasteiger partial charge in [0.25, 0.3) is 0 Å². The third kappa shape index (κ3) is 7.68. The predicted octanol–water partition coefficient (Wildman–Crippen LogP) is 2.70. The largest absolute Gasteiger partial charge is 0.481 e. The second-order valence-electron chi connectivity index (χ2n) is 5.80. The number of aliphatic carboxylic acids is 2. The van der Waals surface area contributed by atoms with Crippen molar-refractivity contribution in [1.29, 1.82) is 0 Å². The second-order valence-corrected chi connectivity index (χ2v) is 5.80. The number of hydrogen-bond donors (Lipinski definition) is 2. The normalized spacial score (nSPS) is 15.0. The molecule has 0 aromatic rings. The summed E-state index contributed by atoms with van der Waals surface area (Å²) in [6, 6.07) is 0. The fourth-order valence-corrected chi connectivity index (χ4v) is 2.44. The molecule has 0 aliphatic carbocycles. The number of carboxylic acids is 2. The summed E-state index contributed by atoms with van der Waals surface area (Å²) < 4.78 is 4.80. The minimum atomic E-state index is -0.924. The highest BCUT2D eigenvalue weighted by molar-refractivity contribution is 5.78. The second kappa shape index (κ2) is 9.37. The Morgan fingerprint density at radius 1 is 1.10 bits per heavy atom. The van der Waals surface area contributed by atoms with Gasteiger partial charge in [-0.05, 0) is 26.2 Å². The molecule has 0 spiro atoms. The van der Waals surface area contributed by atoms with Crippen molar-refractivity contribution >= 4 is 17.9 Å². The number of carbonyl (C=O) groups excluding carboxylic acids is 1. The van der Waals surface area contributed by atoms with Crippen molar-refractivity contribution in [3.8, 4) is 0 Å². The molecule has 2 unspecified atom stereocenters. The zero-order valence-electron chi connectivity index (χ0n) is 13.1. The van der Waals surface area contributed by atoms with E-state index in [1.807, 2.05) is 0 Å². The van der Waals surface area contributed by atoms with E-state index < -0.39 is 23.3 Å². The van der Waals surface area contributed by atoms with E-state index in [1.54, 1.807) is 13.8 Å². The summed E-state index contributed by atoms with van der Waals surface area (Å²) >= 11 is 0. The highest BCUT2D eigenvalue weighted by Crippen LogP contribution is 2.33. The third-order valence-corrected chi connectivity index (χ3v) is 3.73. The Kier molecular flexibility index (Phi) is 8.66. The predicted molar refractivity (Wildman–Crippen MR) is 76.9 cm³/mol. The quantitative estimate of drug-likeness (QED) is 0.449. The number of ether oxygens (including phenoxy) is 1.